The van der Waals surface area contributed by atoms with Crippen molar-refractivity contribution in [2.45, 2.75) is 13.1 Å². The highest BCUT2D eigenvalue weighted by Crippen LogP contribution is 2.19. The van der Waals surface area contributed by atoms with Crippen molar-refractivity contribution in [1.29, 1.82) is 0 Å². The molecule has 3 aromatic rings. The summed E-state index contributed by atoms with van der Waals surface area (Å²) >= 11 is 0. The topological polar surface area (TPSA) is 29.3 Å². The molecule has 0 aliphatic carbocycles. The summed E-state index contributed by atoms with van der Waals surface area (Å²) < 4.78 is 5.38. The third kappa shape index (κ3) is 3.58. The van der Waals surface area contributed by atoms with Gasteiger partial charge in [-0.15, -0.1) is 0 Å². The van der Waals surface area contributed by atoms with E-state index in [4.69, 9.17) is 4.42 Å². The van der Waals surface area contributed by atoms with Crippen LogP contribution in [0.3, 0.4) is 0 Å². The second-order valence-electron chi connectivity index (χ2n) is 5.20. The summed E-state index contributed by atoms with van der Waals surface area (Å²) in [6.07, 6.45) is 5.54. The fourth-order valence-corrected chi connectivity index (χ4v) is 2.40. The van der Waals surface area contributed by atoms with Gasteiger partial charge in [-0.25, -0.2) is 0 Å². The van der Waals surface area contributed by atoms with Crippen molar-refractivity contribution in [3.63, 3.8) is 0 Å². The number of aromatic nitrogens is 1. The Hall–Kier alpha value is -2.39. The van der Waals surface area contributed by atoms with Crippen molar-refractivity contribution in [3.8, 4) is 11.1 Å². The Morgan fingerprint density at radius 2 is 1.81 bits per heavy atom. The number of nitrogens with zero attached hydrogens (tertiary/aromatic N) is 2. The molecule has 0 radical (unpaired) electrons. The van der Waals surface area contributed by atoms with Gasteiger partial charge < -0.3 is 4.42 Å². The van der Waals surface area contributed by atoms with Crippen LogP contribution in [0.5, 0.6) is 0 Å². The van der Waals surface area contributed by atoms with Crippen molar-refractivity contribution in [3.05, 3.63) is 78.5 Å². The highest BCUT2D eigenvalue weighted by atomic mass is 16.3. The lowest BCUT2D eigenvalue weighted by molar-refractivity contribution is 0.287. The number of pyridine rings is 1. The molecule has 0 unspecified atom stereocenters. The Morgan fingerprint density at radius 3 is 2.57 bits per heavy atom. The quantitative estimate of drug-likeness (QED) is 0.707. The summed E-state index contributed by atoms with van der Waals surface area (Å²) in [5.74, 6) is 0.977. The van der Waals surface area contributed by atoms with Gasteiger partial charge in [-0.05, 0) is 36.4 Å². The first-order valence-electron chi connectivity index (χ1n) is 7.01. The minimum Gasteiger partial charge on any atom is -0.468 e. The Morgan fingerprint density at radius 1 is 0.952 bits per heavy atom. The molecule has 0 amide bonds. The molecule has 106 valence electrons. The smallest absolute Gasteiger partial charge is 0.117 e. The molecule has 0 saturated heterocycles. The fraction of sp³-hybridized carbons (Fsp3) is 0.167. The van der Waals surface area contributed by atoms with Crippen LogP contribution in [0.2, 0.25) is 0 Å². The average Bonchev–Trinajstić information content (AvgIpc) is 3.01. The third-order valence-electron chi connectivity index (χ3n) is 3.36. The molecule has 0 bridgehead atoms. The van der Waals surface area contributed by atoms with Crippen molar-refractivity contribution < 1.29 is 4.42 Å². The molecule has 2 heterocycles. The normalized spacial score (nSPS) is 11.0. The molecule has 0 aliphatic heterocycles. The molecular weight excluding hydrogens is 260 g/mol. The number of furan rings is 1. The second kappa shape index (κ2) is 6.37. The Balaban J connectivity index is 1.71. The largest absolute Gasteiger partial charge is 0.468 e. The summed E-state index contributed by atoms with van der Waals surface area (Å²) in [5.41, 5.74) is 3.55. The third-order valence-corrected chi connectivity index (χ3v) is 3.36. The zero-order valence-electron chi connectivity index (χ0n) is 12.1. The average molecular weight is 278 g/mol. The SMILES string of the molecule is CN(Cc1cncc(-c2ccccc2)c1)Cc1ccco1. The molecule has 1 aromatic carbocycles. The number of rotatable bonds is 5. The second-order valence-corrected chi connectivity index (χ2v) is 5.20. The van der Waals surface area contributed by atoms with Crippen LogP contribution in [0, 0.1) is 0 Å². The van der Waals surface area contributed by atoms with E-state index in [9.17, 15) is 0 Å². The van der Waals surface area contributed by atoms with Gasteiger partial charge in [0, 0.05) is 24.5 Å². The van der Waals surface area contributed by atoms with E-state index >= 15 is 0 Å². The van der Waals surface area contributed by atoms with Gasteiger partial charge in [0.2, 0.25) is 0 Å². The van der Waals surface area contributed by atoms with E-state index in [2.05, 4.69) is 35.1 Å². The molecule has 3 nitrogen and oxygen atoms in total. The standard InChI is InChI=1S/C18H18N2O/c1-20(14-18-8-5-9-21-18)13-15-10-17(12-19-11-15)16-6-3-2-4-7-16/h2-12H,13-14H2,1H3. The predicted octanol–water partition coefficient (Wildman–Crippen LogP) is 3.97. The molecule has 0 atom stereocenters. The summed E-state index contributed by atoms with van der Waals surface area (Å²) in [6, 6.07) is 16.4. The molecule has 3 rings (SSSR count). The van der Waals surface area contributed by atoms with Crippen LogP contribution in [-0.2, 0) is 13.1 Å². The lowest BCUT2D eigenvalue weighted by Gasteiger charge is -2.15. The first kappa shape index (κ1) is 13.6. The highest BCUT2D eigenvalue weighted by molar-refractivity contribution is 5.62. The predicted molar refractivity (Wildman–Crippen MR) is 83.6 cm³/mol. The summed E-state index contributed by atoms with van der Waals surface area (Å²) in [5, 5.41) is 0. The van der Waals surface area contributed by atoms with Crippen molar-refractivity contribution in [2.75, 3.05) is 7.05 Å². The minimum atomic E-state index is 0.794. The van der Waals surface area contributed by atoms with Crippen LogP contribution < -0.4 is 0 Å². The van der Waals surface area contributed by atoms with E-state index in [-0.39, 0.29) is 0 Å². The first-order chi connectivity index (χ1) is 10.3. The molecule has 3 heteroatoms. The summed E-state index contributed by atoms with van der Waals surface area (Å²) in [7, 11) is 2.08. The van der Waals surface area contributed by atoms with Crippen LogP contribution in [0.4, 0.5) is 0 Å². The van der Waals surface area contributed by atoms with Gasteiger partial charge >= 0.3 is 0 Å². The van der Waals surface area contributed by atoms with Gasteiger partial charge in [0.1, 0.15) is 5.76 Å². The lowest BCUT2D eigenvalue weighted by atomic mass is 10.1. The highest BCUT2D eigenvalue weighted by Gasteiger charge is 2.05. The van der Waals surface area contributed by atoms with Crippen molar-refractivity contribution in [2.24, 2.45) is 0 Å². The van der Waals surface area contributed by atoms with E-state index < -0.39 is 0 Å². The monoisotopic (exact) mass is 278 g/mol. The maximum atomic E-state index is 5.38. The van der Waals surface area contributed by atoms with Gasteiger partial charge in [-0.3, -0.25) is 9.88 Å². The first-order valence-corrected chi connectivity index (χ1v) is 7.01. The Bertz CT molecular complexity index is 677. The molecule has 21 heavy (non-hydrogen) atoms. The number of hydrogen-bond acceptors (Lipinski definition) is 3. The van der Waals surface area contributed by atoms with E-state index in [1.807, 2.05) is 42.7 Å². The van der Waals surface area contributed by atoms with Gasteiger partial charge in [-0.1, -0.05) is 30.3 Å². The lowest BCUT2D eigenvalue weighted by Crippen LogP contribution is -2.16. The number of benzene rings is 1. The Labute approximate surface area is 124 Å². The van der Waals surface area contributed by atoms with Crippen LogP contribution in [-0.4, -0.2) is 16.9 Å². The zero-order valence-corrected chi connectivity index (χ0v) is 12.1. The molecule has 2 aromatic heterocycles. The fourth-order valence-electron chi connectivity index (χ4n) is 2.40. The van der Waals surface area contributed by atoms with Gasteiger partial charge in [0.15, 0.2) is 0 Å². The van der Waals surface area contributed by atoms with Crippen LogP contribution >= 0.6 is 0 Å². The van der Waals surface area contributed by atoms with E-state index in [0.717, 1.165) is 24.4 Å². The summed E-state index contributed by atoms with van der Waals surface area (Å²) in [6.45, 7) is 1.64. The van der Waals surface area contributed by atoms with Gasteiger partial charge in [0.05, 0.1) is 12.8 Å². The molecular formula is C18H18N2O. The van der Waals surface area contributed by atoms with Crippen LogP contribution in [0.15, 0.2) is 71.6 Å². The number of hydrogen-bond donors (Lipinski definition) is 0. The van der Waals surface area contributed by atoms with E-state index in [1.54, 1.807) is 6.26 Å². The van der Waals surface area contributed by atoms with E-state index in [1.165, 1.54) is 11.1 Å². The molecule has 0 saturated carbocycles. The van der Waals surface area contributed by atoms with Crippen LogP contribution in [0.25, 0.3) is 11.1 Å². The van der Waals surface area contributed by atoms with Crippen molar-refractivity contribution in [1.82, 2.24) is 9.88 Å². The molecule has 0 aliphatic rings. The Kier molecular flexibility index (Phi) is 4.12. The van der Waals surface area contributed by atoms with Crippen LogP contribution in [0.1, 0.15) is 11.3 Å². The summed E-state index contributed by atoms with van der Waals surface area (Å²) in [4.78, 5) is 6.57. The maximum Gasteiger partial charge on any atom is 0.117 e. The van der Waals surface area contributed by atoms with Gasteiger partial charge in [0.25, 0.3) is 0 Å². The maximum absolute atomic E-state index is 5.38. The minimum absolute atomic E-state index is 0.794. The zero-order chi connectivity index (χ0) is 14.5. The molecule has 0 fully saturated rings. The van der Waals surface area contributed by atoms with E-state index in [0.29, 0.717) is 0 Å². The van der Waals surface area contributed by atoms with Crippen molar-refractivity contribution >= 4 is 0 Å². The van der Waals surface area contributed by atoms with Gasteiger partial charge in [-0.2, -0.15) is 0 Å². The molecule has 0 spiro atoms. The molecule has 0 N–H and O–H groups in total.